The second-order valence-corrected chi connectivity index (χ2v) is 4.71. The molecular formula is C16H22O4. The van der Waals surface area contributed by atoms with Gasteiger partial charge in [0.2, 0.25) is 5.75 Å². The summed E-state index contributed by atoms with van der Waals surface area (Å²) in [4.78, 5) is 12.4. The quantitative estimate of drug-likeness (QED) is 0.683. The molecule has 0 saturated heterocycles. The van der Waals surface area contributed by atoms with Gasteiger partial charge in [0.05, 0.1) is 25.4 Å². The van der Waals surface area contributed by atoms with Crippen molar-refractivity contribution in [1.82, 2.24) is 0 Å². The number of carbonyl (C=O) groups is 1. The normalized spacial score (nSPS) is 13.9. The fourth-order valence-electron chi connectivity index (χ4n) is 2.14. The van der Waals surface area contributed by atoms with Crippen LogP contribution in [0.25, 0.3) is 0 Å². The van der Waals surface area contributed by atoms with Crippen molar-refractivity contribution in [1.29, 1.82) is 0 Å². The first-order valence-electron chi connectivity index (χ1n) is 7.32. The Bertz CT molecular complexity index is 478. The molecule has 0 radical (unpaired) electrons. The van der Waals surface area contributed by atoms with Gasteiger partial charge in [-0.15, -0.1) is 0 Å². The van der Waals surface area contributed by atoms with Crippen molar-refractivity contribution in [2.24, 2.45) is 5.92 Å². The molecule has 1 fully saturated rings. The van der Waals surface area contributed by atoms with Crippen LogP contribution in [0.3, 0.4) is 0 Å². The molecule has 1 aromatic rings. The summed E-state index contributed by atoms with van der Waals surface area (Å²) in [5, 5.41) is 0. The lowest BCUT2D eigenvalue weighted by atomic mass is 10.0. The fraction of sp³-hybridized carbons (Fsp3) is 0.562. The first kappa shape index (κ1) is 14.7. The average Bonchev–Trinajstić information content (AvgIpc) is 3.27. The summed E-state index contributed by atoms with van der Waals surface area (Å²) in [6.45, 7) is 7.25. The molecule has 0 spiro atoms. The van der Waals surface area contributed by atoms with Crippen molar-refractivity contribution in [2.45, 2.75) is 33.6 Å². The summed E-state index contributed by atoms with van der Waals surface area (Å²) in [6.07, 6.45) is 1.95. The van der Waals surface area contributed by atoms with E-state index < -0.39 is 0 Å². The van der Waals surface area contributed by atoms with Gasteiger partial charge in [0.1, 0.15) is 0 Å². The van der Waals surface area contributed by atoms with E-state index in [1.54, 1.807) is 12.1 Å². The van der Waals surface area contributed by atoms with Crippen LogP contribution in [-0.4, -0.2) is 25.6 Å². The zero-order valence-corrected chi connectivity index (χ0v) is 12.4. The molecule has 0 aromatic heterocycles. The van der Waals surface area contributed by atoms with Gasteiger partial charge in [0, 0.05) is 5.92 Å². The van der Waals surface area contributed by atoms with Crippen molar-refractivity contribution in [3.05, 3.63) is 17.7 Å². The molecule has 0 aliphatic heterocycles. The van der Waals surface area contributed by atoms with Crippen LogP contribution in [0.5, 0.6) is 17.2 Å². The highest BCUT2D eigenvalue weighted by atomic mass is 16.5. The molecule has 0 N–H and O–H groups in total. The highest BCUT2D eigenvalue weighted by molar-refractivity contribution is 6.02. The van der Waals surface area contributed by atoms with Gasteiger partial charge >= 0.3 is 0 Å². The zero-order valence-electron chi connectivity index (χ0n) is 12.4. The van der Waals surface area contributed by atoms with Gasteiger partial charge in [0.15, 0.2) is 17.3 Å². The van der Waals surface area contributed by atoms with Crippen LogP contribution in [0.15, 0.2) is 12.1 Å². The predicted octanol–water partition coefficient (Wildman–Crippen LogP) is 3.48. The molecule has 1 aromatic carbocycles. The Kier molecular flexibility index (Phi) is 4.88. The van der Waals surface area contributed by atoms with Gasteiger partial charge < -0.3 is 14.2 Å². The highest BCUT2D eigenvalue weighted by Gasteiger charge is 2.33. The standard InChI is InChI=1S/C16H22O4/c1-4-18-13-10-9-12(14(17)11-7-8-11)15(19-5-2)16(13)20-6-3/h9-11H,4-8H2,1-3H3. The first-order chi connectivity index (χ1) is 9.72. The molecule has 1 aliphatic rings. The molecule has 0 atom stereocenters. The number of ether oxygens (including phenoxy) is 3. The lowest BCUT2D eigenvalue weighted by molar-refractivity contribution is 0.0962. The van der Waals surface area contributed by atoms with Crippen molar-refractivity contribution in [3.8, 4) is 17.2 Å². The molecule has 4 nitrogen and oxygen atoms in total. The number of rotatable bonds is 8. The Morgan fingerprint density at radius 3 is 2.15 bits per heavy atom. The van der Waals surface area contributed by atoms with E-state index in [4.69, 9.17) is 14.2 Å². The van der Waals surface area contributed by atoms with Crippen LogP contribution in [0, 0.1) is 5.92 Å². The smallest absolute Gasteiger partial charge is 0.204 e. The number of hydrogen-bond donors (Lipinski definition) is 0. The summed E-state index contributed by atoms with van der Waals surface area (Å²) in [5.74, 6) is 2.00. The van der Waals surface area contributed by atoms with Gasteiger partial charge in [-0.05, 0) is 45.7 Å². The summed E-state index contributed by atoms with van der Waals surface area (Å²) in [6, 6.07) is 3.59. The van der Waals surface area contributed by atoms with E-state index in [1.165, 1.54) is 0 Å². The third kappa shape index (κ3) is 3.06. The van der Waals surface area contributed by atoms with Crippen LogP contribution in [0.4, 0.5) is 0 Å². The molecule has 20 heavy (non-hydrogen) atoms. The minimum Gasteiger partial charge on any atom is -0.490 e. The van der Waals surface area contributed by atoms with Gasteiger partial charge in [-0.3, -0.25) is 4.79 Å². The van der Waals surface area contributed by atoms with E-state index in [2.05, 4.69) is 0 Å². The van der Waals surface area contributed by atoms with Gasteiger partial charge in [0.25, 0.3) is 0 Å². The molecular weight excluding hydrogens is 256 g/mol. The maximum absolute atomic E-state index is 12.4. The molecule has 0 bridgehead atoms. The van der Waals surface area contributed by atoms with E-state index >= 15 is 0 Å². The molecule has 0 heterocycles. The highest BCUT2D eigenvalue weighted by Crippen LogP contribution is 2.43. The Morgan fingerprint density at radius 2 is 1.60 bits per heavy atom. The maximum Gasteiger partial charge on any atom is 0.204 e. The summed E-state index contributed by atoms with van der Waals surface area (Å²) in [5.41, 5.74) is 0.612. The fourth-order valence-corrected chi connectivity index (χ4v) is 2.14. The van der Waals surface area contributed by atoms with Crippen LogP contribution >= 0.6 is 0 Å². The number of hydrogen-bond acceptors (Lipinski definition) is 4. The van der Waals surface area contributed by atoms with Crippen molar-refractivity contribution in [2.75, 3.05) is 19.8 Å². The number of carbonyl (C=O) groups excluding carboxylic acids is 1. The lowest BCUT2D eigenvalue weighted by Crippen LogP contribution is -2.09. The second kappa shape index (κ2) is 6.64. The molecule has 2 rings (SSSR count). The minimum absolute atomic E-state index is 0.150. The van der Waals surface area contributed by atoms with Crippen molar-refractivity contribution < 1.29 is 19.0 Å². The Hall–Kier alpha value is -1.71. The summed E-state index contributed by atoms with van der Waals surface area (Å²) < 4.78 is 16.9. The van der Waals surface area contributed by atoms with Crippen LogP contribution in [-0.2, 0) is 0 Å². The largest absolute Gasteiger partial charge is 0.490 e. The van der Waals surface area contributed by atoms with Crippen molar-refractivity contribution >= 4 is 5.78 Å². The topological polar surface area (TPSA) is 44.8 Å². The summed E-state index contributed by atoms with van der Waals surface area (Å²) >= 11 is 0. The first-order valence-corrected chi connectivity index (χ1v) is 7.32. The van der Waals surface area contributed by atoms with E-state index in [9.17, 15) is 4.79 Å². The molecule has 0 amide bonds. The molecule has 1 saturated carbocycles. The SMILES string of the molecule is CCOc1ccc(C(=O)C2CC2)c(OCC)c1OCC. The Balaban J connectivity index is 2.44. The Labute approximate surface area is 120 Å². The third-order valence-corrected chi connectivity index (χ3v) is 3.17. The lowest BCUT2D eigenvalue weighted by Gasteiger charge is -2.18. The number of Topliss-reactive ketones (excluding diaryl/α,β-unsaturated/α-hetero) is 1. The molecule has 0 unspecified atom stereocenters. The van der Waals surface area contributed by atoms with E-state index in [0.29, 0.717) is 42.6 Å². The Morgan fingerprint density at radius 1 is 1.00 bits per heavy atom. The second-order valence-electron chi connectivity index (χ2n) is 4.71. The van der Waals surface area contributed by atoms with E-state index in [0.717, 1.165) is 12.8 Å². The molecule has 1 aliphatic carbocycles. The van der Waals surface area contributed by atoms with E-state index in [-0.39, 0.29) is 11.7 Å². The van der Waals surface area contributed by atoms with Gasteiger partial charge in [-0.1, -0.05) is 0 Å². The number of ketones is 1. The van der Waals surface area contributed by atoms with Crippen LogP contribution in [0.1, 0.15) is 44.0 Å². The molecule has 110 valence electrons. The average molecular weight is 278 g/mol. The van der Waals surface area contributed by atoms with Crippen LogP contribution < -0.4 is 14.2 Å². The van der Waals surface area contributed by atoms with E-state index in [1.807, 2.05) is 20.8 Å². The van der Waals surface area contributed by atoms with Gasteiger partial charge in [-0.25, -0.2) is 0 Å². The molecule has 4 heteroatoms. The maximum atomic E-state index is 12.4. The summed E-state index contributed by atoms with van der Waals surface area (Å²) in [7, 11) is 0. The monoisotopic (exact) mass is 278 g/mol. The predicted molar refractivity (Wildman–Crippen MR) is 77.0 cm³/mol. The van der Waals surface area contributed by atoms with Crippen LogP contribution in [0.2, 0.25) is 0 Å². The van der Waals surface area contributed by atoms with Crippen molar-refractivity contribution in [3.63, 3.8) is 0 Å². The third-order valence-electron chi connectivity index (χ3n) is 3.17. The zero-order chi connectivity index (χ0) is 14.5. The minimum atomic E-state index is 0.150. The number of benzene rings is 1. The van der Waals surface area contributed by atoms with Gasteiger partial charge in [-0.2, -0.15) is 0 Å².